The fourth-order valence-electron chi connectivity index (χ4n) is 4.23. The summed E-state index contributed by atoms with van der Waals surface area (Å²) >= 11 is 0.978. The van der Waals surface area contributed by atoms with Crippen LogP contribution in [-0.4, -0.2) is 31.6 Å². The van der Waals surface area contributed by atoms with Crippen molar-refractivity contribution in [2.24, 2.45) is 11.8 Å². The second kappa shape index (κ2) is 10.4. The van der Waals surface area contributed by atoms with Gasteiger partial charge >= 0.3 is 5.97 Å². The van der Waals surface area contributed by atoms with Gasteiger partial charge in [-0.1, -0.05) is 44.2 Å². The molecule has 0 radical (unpaired) electrons. The molecule has 0 amide bonds. The van der Waals surface area contributed by atoms with Gasteiger partial charge in [-0.25, -0.2) is 22.6 Å². The lowest BCUT2D eigenvalue weighted by Gasteiger charge is -2.25. The summed E-state index contributed by atoms with van der Waals surface area (Å²) in [6, 6.07) is 9.63. The summed E-state index contributed by atoms with van der Waals surface area (Å²) in [5.74, 6) is -1.28. The van der Waals surface area contributed by atoms with E-state index < -0.39 is 27.4 Å². The Balaban J connectivity index is 1.53. The minimum Gasteiger partial charge on any atom is -0.495 e. The summed E-state index contributed by atoms with van der Waals surface area (Å²) in [4.78, 5) is 15.4. The Morgan fingerprint density at radius 1 is 1.22 bits per heavy atom. The summed E-state index contributed by atoms with van der Waals surface area (Å²) in [7, 11) is -2.88. The van der Waals surface area contributed by atoms with E-state index in [1.165, 1.54) is 25.3 Å². The zero-order chi connectivity index (χ0) is 26.0. The SMILES string of the molecule is COc1cc(C(=O)O)c(F)cc1NS(=O)(=O)c1cnc(-c2ccc(C3=CCC(C(C)C)CC3)cc2)s1. The first-order valence-electron chi connectivity index (χ1n) is 11.5. The predicted octanol–water partition coefficient (Wildman–Crippen LogP) is 6.30. The Hall–Kier alpha value is -3.24. The Bertz CT molecular complexity index is 1410. The Labute approximate surface area is 213 Å². The number of carbonyl (C=O) groups is 1. The molecule has 0 bridgehead atoms. The molecule has 1 aliphatic carbocycles. The molecule has 10 heteroatoms. The van der Waals surface area contributed by atoms with E-state index >= 15 is 0 Å². The van der Waals surface area contributed by atoms with Crippen LogP contribution in [0.2, 0.25) is 0 Å². The van der Waals surface area contributed by atoms with Gasteiger partial charge in [0.1, 0.15) is 16.6 Å². The molecule has 0 spiro atoms. The highest BCUT2D eigenvalue weighted by atomic mass is 32.2. The largest absolute Gasteiger partial charge is 0.495 e. The van der Waals surface area contributed by atoms with Gasteiger partial charge in [0.05, 0.1) is 24.6 Å². The van der Waals surface area contributed by atoms with Gasteiger partial charge in [-0.3, -0.25) is 4.72 Å². The number of rotatable bonds is 8. The Kier molecular flexibility index (Phi) is 7.46. The van der Waals surface area contributed by atoms with E-state index in [9.17, 15) is 17.6 Å². The van der Waals surface area contributed by atoms with Crippen LogP contribution >= 0.6 is 11.3 Å². The van der Waals surface area contributed by atoms with Crippen LogP contribution in [0.1, 0.15) is 49.0 Å². The lowest BCUT2D eigenvalue weighted by Crippen LogP contribution is -2.13. The topological polar surface area (TPSA) is 106 Å². The van der Waals surface area contributed by atoms with Crippen molar-refractivity contribution in [2.45, 2.75) is 37.3 Å². The number of nitrogens with zero attached hydrogens (tertiary/aromatic N) is 1. The van der Waals surface area contributed by atoms with Crippen molar-refractivity contribution < 1.29 is 27.4 Å². The number of hydrogen-bond donors (Lipinski definition) is 2. The highest BCUT2D eigenvalue weighted by molar-refractivity contribution is 7.94. The molecule has 1 atom stereocenters. The molecule has 1 heterocycles. The highest BCUT2D eigenvalue weighted by Crippen LogP contribution is 2.36. The molecule has 7 nitrogen and oxygen atoms in total. The number of thiazole rings is 1. The first-order chi connectivity index (χ1) is 17.1. The van der Waals surface area contributed by atoms with Crippen molar-refractivity contribution in [2.75, 3.05) is 11.8 Å². The number of methoxy groups -OCH3 is 1. The number of allylic oxidation sites excluding steroid dienone is 2. The quantitative estimate of drug-likeness (QED) is 0.354. The molecule has 2 N–H and O–H groups in total. The van der Waals surface area contributed by atoms with E-state index in [-0.39, 0.29) is 15.6 Å². The number of sulfonamides is 1. The summed E-state index contributed by atoms with van der Waals surface area (Å²) < 4.78 is 47.3. The van der Waals surface area contributed by atoms with E-state index in [1.54, 1.807) is 0 Å². The van der Waals surface area contributed by atoms with Gasteiger partial charge in [0, 0.05) is 11.6 Å². The molecule has 0 saturated heterocycles. The van der Waals surface area contributed by atoms with E-state index in [0.29, 0.717) is 10.9 Å². The second-order valence-electron chi connectivity index (χ2n) is 9.01. The van der Waals surface area contributed by atoms with Crippen molar-refractivity contribution in [3.63, 3.8) is 0 Å². The van der Waals surface area contributed by atoms with Gasteiger partial charge in [0.25, 0.3) is 10.0 Å². The first kappa shape index (κ1) is 25.8. The van der Waals surface area contributed by atoms with Crippen LogP contribution in [0.4, 0.5) is 10.1 Å². The Morgan fingerprint density at radius 2 is 1.92 bits per heavy atom. The lowest BCUT2D eigenvalue weighted by atomic mass is 9.81. The second-order valence-corrected chi connectivity index (χ2v) is 12.0. The zero-order valence-electron chi connectivity index (χ0n) is 20.1. The smallest absolute Gasteiger partial charge is 0.338 e. The van der Waals surface area contributed by atoms with Crippen molar-refractivity contribution >= 4 is 38.6 Å². The number of carboxylic acid groups (broad SMARTS) is 1. The highest BCUT2D eigenvalue weighted by Gasteiger charge is 2.23. The maximum Gasteiger partial charge on any atom is 0.338 e. The summed E-state index contributed by atoms with van der Waals surface area (Å²) in [5, 5.41) is 9.60. The minimum atomic E-state index is -4.12. The van der Waals surface area contributed by atoms with Crippen LogP contribution in [0.25, 0.3) is 16.1 Å². The van der Waals surface area contributed by atoms with Crippen molar-refractivity contribution in [1.82, 2.24) is 4.98 Å². The third-order valence-corrected chi connectivity index (χ3v) is 9.28. The van der Waals surface area contributed by atoms with Crippen LogP contribution in [0.3, 0.4) is 0 Å². The fourth-order valence-corrected chi connectivity index (χ4v) is 6.42. The molecule has 1 aromatic heterocycles. The normalized spacial score (nSPS) is 16.0. The third-order valence-electron chi connectivity index (χ3n) is 6.41. The van der Waals surface area contributed by atoms with Crippen LogP contribution in [0.15, 0.2) is 52.9 Å². The van der Waals surface area contributed by atoms with Crippen LogP contribution in [0, 0.1) is 17.7 Å². The number of halogens is 1. The van der Waals surface area contributed by atoms with E-state index in [0.717, 1.165) is 53.4 Å². The Morgan fingerprint density at radius 3 is 2.50 bits per heavy atom. The molecule has 0 saturated carbocycles. The number of aromatic nitrogens is 1. The van der Waals surface area contributed by atoms with Gasteiger partial charge in [-0.2, -0.15) is 0 Å². The molecule has 0 aliphatic heterocycles. The minimum absolute atomic E-state index is 0.0685. The maximum absolute atomic E-state index is 14.2. The van der Waals surface area contributed by atoms with Crippen LogP contribution in [-0.2, 0) is 10.0 Å². The molecule has 0 fully saturated rings. The number of anilines is 1. The molecule has 4 rings (SSSR count). The number of ether oxygens (including phenoxy) is 1. The predicted molar refractivity (Wildman–Crippen MR) is 138 cm³/mol. The van der Waals surface area contributed by atoms with Gasteiger partial charge in [0.15, 0.2) is 4.21 Å². The van der Waals surface area contributed by atoms with Crippen molar-refractivity contribution in [1.29, 1.82) is 0 Å². The molecule has 2 aromatic carbocycles. The average molecular weight is 531 g/mol. The zero-order valence-corrected chi connectivity index (χ0v) is 21.7. The van der Waals surface area contributed by atoms with Crippen LogP contribution < -0.4 is 9.46 Å². The summed E-state index contributed by atoms with van der Waals surface area (Å²) in [5.41, 5.74) is 2.45. The van der Waals surface area contributed by atoms with Gasteiger partial charge in [-0.15, -0.1) is 11.3 Å². The van der Waals surface area contributed by atoms with Gasteiger partial charge in [0.2, 0.25) is 0 Å². The van der Waals surface area contributed by atoms with E-state index in [2.05, 4.69) is 29.6 Å². The number of aromatic carboxylic acids is 1. The van der Waals surface area contributed by atoms with Gasteiger partial charge < -0.3 is 9.84 Å². The molecule has 1 aliphatic rings. The maximum atomic E-state index is 14.2. The molecular formula is C26H27FN2O5S2. The van der Waals surface area contributed by atoms with Crippen molar-refractivity contribution in [3.8, 4) is 16.3 Å². The molecule has 1 unspecified atom stereocenters. The first-order valence-corrected chi connectivity index (χ1v) is 13.8. The number of nitrogens with one attached hydrogen (secondary N) is 1. The third kappa shape index (κ3) is 5.44. The van der Waals surface area contributed by atoms with E-state index in [1.807, 2.05) is 24.3 Å². The molecule has 3 aromatic rings. The summed E-state index contributed by atoms with van der Waals surface area (Å²) in [6.45, 7) is 4.53. The molecule has 36 heavy (non-hydrogen) atoms. The lowest BCUT2D eigenvalue weighted by molar-refractivity contribution is 0.0691. The molecule has 190 valence electrons. The monoisotopic (exact) mass is 530 g/mol. The number of hydrogen-bond acceptors (Lipinski definition) is 6. The standard InChI is InChI=1S/C26H27FN2O5S2/c1-15(2)16-4-6-17(7-5-16)18-8-10-19(11-9-18)25-28-14-24(35-25)36(32,33)29-22-13-21(27)20(26(30)31)12-23(22)34-3/h6,8-16,29H,4-5,7H2,1-3H3,(H,30,31). The fraction of sp³-hybridized carbons (Fsp3) is 0.308. The van der Waals surface area contributed by atoms with Crippen LogP contribution in [0.5, 0.6) is 5.75 Å². The number of benzene rings is 2. The number of carboxylic acids is 1. The van der Waals surface area contributed by atoms with Crippen molar-refractivity contribution in [3.05, 3.63) is 65.6 Å². The van der Waals surface area contributed by atoms with Gasteiger partial charge in [-0.05, 0) is 48.3 Å². The average Bonchev–Trinajstić information content (AvgIpc) is 3.35. The molecular weight excluding hydrogens is 503 g/mol. The van der Waals surface area contributed by atoms with E-state index in [4.69, 9.17) is 9.84 Å². The summed E-state index contributed by atoms with van der Waals surface area (Å²) in [6.07, 6.45) is 6.87.